The first-order valence-corrected chi connectivity index (χ1v) is 4.74. The van der Waals surface area contributed by atoms with Crippen molar-refractivity contribution >= 4 is 39.2 Å². The summed E-state index contributed by atoms with van der Waals surface area (Å²) >= 11 is 9.15. The molecule has 0 spiro atoms. The summed E-state index contributed by atoms with van der Waals surface area (Å²) in [5, 5.41) is 3.53. The molecule has 0 saturated carbocycles. The second-order valence-electron chi connectivity index (χ2n) is 2.39. The molecule has 1 aromatic carbocycles. The Balaban J connectivity index is 2.89. The highest BCUT2D eigenvalue weighted by atomic mass is 79.9. The number of aliphatic imine (C=N–C) groups is 1. The van der Waals surface area contributed by atoms with Crippen LogP contribution < -0.4 is 11.1 Å². The average molecular weight is 263 g/mol. The molecule has 13 heavy (non-hydrogen) atoms. The van der Waals surface area contributed by atoms with Crippen LogP contribution in [0.25, 0.3) is 0 Å². The van der Waals surface area contributed by atoms with E-state index in [1.54, 1.807) is 19.2 Å². The minimum Gasteiger partial charge on any atom is -0.370 e. The molecule has 0 fully saturated rings. The summed E-state index contributed by atoms with van der Waals surface area (Å²) in [6.45, 7) is 0. The van der Waals surface area contributed by atoms with Crippen molar-refractivity contribution in [1.82, 2.24) is 0 Å². The highest BCUT2D eigenvalue weighted by Gasteiger charge is 1.98. The SMILES string of the molecule is CN=C(N)Nc1cc(Cl)cc(Br)c1. The normalized spacial score (nSPS) is 11.5. The van der Waals surface area contributed by atoms with Crippen molar-refractivity contribution in [3.63, 3.8) is 0 Å². The van der Waals surface area contributed by atoms with Crippen molar-refractivity contribution in [3.05, 3.63) is 27.7 Å². The molecular formula is C8H9BrClN3. The molecule has 0 radical (unpaired) electrons. The van der Waals surface area contributed by atoms with Crippen LogP contribution in [0.2, 0.25) is 5.02 Å². The van der Waals surface area contributed by atoms with Gasteiger partial charge in [0.25, 0.3) is 0 Å². The van der Waals surface area contributed by atoms with Crippen molar-refractivity contribution < 1.29 is 0 Å². The van der Waals surface area contributed by atoms with Gasteiger partial charge in [-0.1, -0.05) is 27.5 Å². The summed E-state index contributed by atoms with van der Waals surface area (Å²) in [5.41, 5.74) is 6.29. The zero-order valence-electron chi connectivity index (χ0n) is 7.01. The van der Waals surface area contributed by atoms with Gasteiger partial charge >= 0.3 is 0 Å². The van der Waals surface area contributed by atoms with Gasteiger partial charge in [-0.25, -0.2) is 0 Å². The van der Waals surface area contributed by atoms with Crippen LogP contribution in [0.1, 0.15) is 0 Å². The zero-order chi connectivity index (χ0) is 9.84. The lowest BCUT2D eigenvalue weighted by molar-refractivity contribution is 1.38. The number of anilines is 1. The second kappa shape index (κ2) is 4.48. The van der Waals surface area contributed by atoms with Gasteiger partial charge in [0.2, 0.25) is 0 Å². The molecule has 0 amide bonds. The lowest BCUT2D eigenvalue weighted by Crippen LogP contribution is -2.21. The Bertz CT molecular complexity index is 318. The molecule has 0 unspecified atom stereocenters. The van der Waals surface area contributed by atoms with Crippen LogP contribution in [0, 0.1) is 0 Å². The fourth-order valence-electron chi connectivity index (χ4n) is 0.830. The number of benzene rings is 1. The lowest BCUT2D eigenvalue weighted by Gasteiger charge is -2.05. The molecule has 0 aliphatic rings. The van der Waals surface area contributed by atoms with Crippen LogP contribution in [-0.2, 0) is 0 Å². The fraction of sp³-hybridized carbons (Fsp3) is 0.125. The van der Waals surface area contributed by atoms with Crippen LogP contribution in [0.4, 0.5) is 5.69 Å². The predicted molar refractivity (Wildman–Crippen MR) is 60.3 cm³/mol. The summed E-state index contributed by atoms with van der Waals surface area (Å²) in [6, 6.07) is 5.43. The van der Waals surface area contributed by atoms with Crippen LogP contribution in [-0.4, -0.2) is 13.0 Å². The van der Waals surface area contributed by atoms with Crippen LogP contribution in [0.15, 0.2) is 27.7 Å². The largest absolute Gasteiger partial charge is 0.370 e. The quantitative estimate of drug-likeness (QED) is 0.603. The van der Waals surface area contributed by atoms with E-state index in [1.165, 1.54) is 0 Å². The average Bonchev–Trinajstić information content (AvgIpc) is 2.02. The third-order valence-electron chi connectivity index (χ3n) is 1.38. The van der Waals surface area contributed by atoms with Crippen molar-refractivity contribution in [2.45, 2.75) is 0 Å². The number of halogens is 2. The fourth-order valence-corrected chi connectivity index (χ4v) is 1.69. The Morgan fingerprint density at radius 2 is 2.23 bits per heavy atom. The maximum Gasteiger partial charge on any atom is 0.192 e. The third kappa shape index (κ3) is 3.24. The number of hydrogen-bond acceptors (Lipinski definition) is 1. The molecular weight excluding hydrogens is 253 g/mol. The molecule has 1 aromatic rings. The Labute approximate surface area is 90.1 Å². The molecule has 0 saturated heterocycles. The monoisotopic (exact) mass is 261 g/mol. The highest BCUT2D eigenvalue weighted by Crippen LogP contribution is 2.22. The molecule has 1 rings (SSSR count). The standard InChI is InChI=1S/C8H9BrClN3/c1-12-8(11)13-7-3-5(9)2-6(10)4-7/h2-4H,1H3,(H3,11,12,13). The van der Waals surface area contributed by atoms with E-state index < -0.39 is 0 Å². The third-order valence-corrected chi connectivity index (χ3v) is 2.05. The maximum atomic E-state index is 5.83. The molecule has 3 nitrogen and oxygen atoms in total. The molecule has 70 valence electrons. The first-order chi connectivity index (χ1) is 6.11. The van der Waals surface area contributed by atoms with Crippen LogP contribution in [0.3, 0.4) is 0 Å². The van der Waals surface area contributed by atoms with Gasteiger partial charge in [0.15, 0.2) is 5.96 Å². The van der Waals surface area contributed by atoms with Gasteiger partial charge in [-0.3, -0.25) is 4.99 Å². The zero-order valence-corrected chi connectivity index (χ0v) is 9.35. The molecule has 0 heterocycles. The number of nitrogens with zero attached hydrogens (tertiary/aromatic N) is 1. The van der Waals surface area contributed by atoms with E-state index >= 15 is 0 Å². The van der Waals surface area contributed by atoms with Crippen molar-refractivity contribution in [1.29, 1.82) is 0 Å². The Morgan fingerprint density at radius 3 is 2.77 bits per heavy atom. The smallest absolute Gasteiger partial charge is 0.192 e. The van der Waals surface area contributed by atoms with E-state index in [0.29, 0.717) is 11.0 Å². The van der Waals surface area contributed by atoms with Gasteiger partial charge in [-0.05, 0) is 18.2 Å². The van der Waals surface area contributed by atoms with Crippen molar-refractivity contribution in [2.24, 2.45) is 10.7 Å². The predicted octanol–water partition coefficient (Wildman–Crippen LogP) is 2.46. The number of nitrogens with one attached hydrogen (secondary N) is 1. The summed E-state index contributed by atoms with van der Waals surface area (Å²) in [5.74, 6) is 0.356. The van der Waals surface area contributed by atoms with Gasteiger partial charge in [0, 0.05) is 22.2 Å². The maximum absolute atomic E-state index is 5.83. The summed E-state index contributed by atoms with van der Waals surface area (Å²) in [6.07, 6.45) is 0. The van der Waals surface area contributed by atoms with Gasteiger partial charge in [-0.15, -0.1) is 0 Å². The highest BCUT2D eigenvalue weighted by molar-refractivity contribution is 9.10. The number of hydrogen-bond donors (Lipinski definition) is 2. The van der Waals surface area contributed by atoms with Gasteiger partial charge in [0.05, 0.1) is 0 Å². The number of guanidine groups is 1. The van der Waals surface area contributed by atoms with Crippen molar-refractivity contribution in [2.75, 3.05) is 12.4 Å². The van der Waals surface area contributed by atoms with E-state index in [2.05, 4.69) is 26.2 Å². The first-order valence-electron chi connectivity index (χ1n) is 3.57. The van der Waals surface area contributed by atoms with Crippen LogP contribution in [0.5, 0.6) is 0 Å². The lowest BCUT2D eigenvalue weighted by atomic mass is 10.3. The Morgan fingerprint density at radius 1 is 1.54 bits per heavy atom. The van der Waals surface area contributed by atoms with Crippen LogP contribution >= 0.6 is 27.5 Å². The Hall–Kier alpha value is -0.740. The minimum atomic E-state index is 0.356. The molecule has 3 N–H and O–H groups in total. The molecule has 0 aliphatic carbocycles. The summed E-state index contributed by atoms with van der Waals surface area (Å²) in [4.78, 5) is 3.77. The molecule has 0 atom stereocenters. The first kappa shape index (κ1) is 10.3. The van der Waals surface area contributed by atoms with Crippen molar-refractivity contribution in [3.8, 4) is 0 Å². The second-order valence-corrected chi connectivity index (χ2v) is 3.74. The minimum absolute atomic E-state index is 0.356. The van der Waals surface area contributed by atoms with Gasteiger partial charge in [0.1, 0.15) is 0 Å². The van der Waals surface area contributed by atoms with E-state index in [0.717, 1.165) is 10.2 Å². The Kier molecular flexibility index (Phi) is 3.57. The summed E-state index contributed by atoms with van der Waals surface area (Å²) in [7, 11) is 1.61. The summed E-state index contributed by atoms with van der Waals surface area (Å²) < 4.78 is 0.895. The van der Waals surface area contributed by atoms with E-state index in [9.17, 15) is 0 Å². The van der Waals surface area contributed by atoms with E-state index in [-0.39, 0.29) is 0 Å². The number of nitrogens with two attached hydrogens (primary N) is 1. The number of rotatable bonds is 1. The molecule has 5 heteroatoms. The molecule has 0 aromatic heterocycles. The topological polar surface area (TPSA) is 50.4 Å². The van der Waals surface area contributed by atoms with E-state index in [1.807, 2.05) is 6.07 Å². The molecule has 0 aliphatic heterocycles. The van der Waals surface area contributed by atoms with E-state index in [4.69, 9.17) is 17.3 Å². The van der Waals surface area contributed by atoms with Gasteiger partial charge in [-0.2, -0.15) is 0 Å². The molecule has 0 bridgehead atoms. The van der Waals surface area contributed by atoms with Gasteiger partial charge < -0.3 is 11.1 Å².